The van der Waals surface area contributed by atoms with E-state index in [2.05, 4.69) is 68.2 Å². The Kier molecular flexibility index (Phi) is 11.7. The molecule has 1 N–H and O–H groups in total. The SMILES string of the molecule is C=CC(=O)NCCCc1ccc(-c2ccc(C3CCC(C4CCC(CCCCC)CC4)CC3)cc2)c(CC)c1. The minimum absolute atomic E-state index is 0.0912. The van der Waals surface area contributed by atoms with Gasteiger partial charge in [-0.1, -0.05) is 101 Å². The Morgan fingerprint density at radius 1 is 0.872 bits per heavy atom. The van der Waals surface area contributed by atoms with Crippen molar-refractivity contribution in [1.82, 2.24) is 5.32 Å². The average Bonchev–Trinajstić information content (AvgIpc) is 3.00. The van der Waals surface area contributed by atoms with Crippen molar-refractivity contribution in [2.24, 2.45) is 17.8 Å². The lowest BCUT2D eigenvalue weighted by molar-refractivity contribution is -0.116. The number of rotatable bonds is 13. The van der Waals surface area contributed by atoms with E-state index in [9.17, 15) is 4.79 Å². The minimum atomic E-state index is -0.0912. The highest BCUT2D eigenvalue weighted by Gasteiger charge is 2.31. The Labute approximate surface area is 239 Å². The Morgan fingerprint density at radius 3 is 2.21 bits per heavy atom. The van der Waals surface area contributed by atoms with Crippen LogP contribution in [0, 0.1) is 17.8 Å². The van der Waals surface area contributed by atoms with Crippen molar-refractivity contribution in [3.8, 4) is 11.1 Å². The van der Waals surface area contributed by atoms with Crippen LogP contribution in [0.2, 0.25) is 0 Å². The molecule has 0 aliphatic heterocycles. The summed E-state index contributed by atoms with van der Waals surface area (Å²) in [5.41, 5.74) is 7.01. The van der Waals surface area contributed by atoms with Crippen LogP contribution >= 0.6 is 0 Å². The van der Waals surface area contributed by atoms with Crippen LogP contribution in [0.4, 0.5) is 0 Å². The summed E-state index contributed by atoms with van der Waals surface area (Å²) in [5.74, 6) is 3.68. The van der Waals surface area contributed by atoms with Crippen LogP contribution in [0.1, 0.15) is 120 Å². The third-order valence-electron chi connectivity index (χ3n) is 9.92. The van der Waals surface area contributed by atoms with Gasteiger partial charge < -0.3 is 5.32 Å². The molecular formula is C37H53NO. The number of hydrogen-bond donors (Lipinski definition) is 1. The fourth-order valence-electron chi connectivity index (χ4n) is 7.44. The third kappa shape index (κ3) is 8.57. The number of carbonyl (C=O) groups is 1. The monoisotopic (exact) mass is 527 g/mol. The topological polar surface area (TPSA) is 29.1 Å². The van der Waals surface area contributed by atoms with E-state index >= 15 is 0 Å². The van der Waals surface area contributed by atoms with Gasteiger partial charge in [0.15, 0.2) is 0 Å². The van der Waals surface area contributed by atoms with E-state index in [0.717, 1.165) is 42.9 Å². The number of carbonyl (C=O) groups excluding carboxylic acids is 1. The van der Waals surface area contributed by atoms with Crippen molar-refractivity contribution in [1.29, 1.82) is 0 Å². The molecule has 2 aromatic carbocycles. The summed E-state index contributed by atoms with van der Waals surface area (Å²) < 4.78 is 0. The van der Waals surface area contributed by atoms with Gasteiger partial charge in [0.25, 0.3) is 0 Å². The van der Waals surface area contributed by atoms with E-state index < -0.39 is 0 Å². The van der Waals surface area contributed by atoms with Crippen molar-refractivity contribution >= 4 is 5.91 Å². The molecule has 2 nitrogen and oxygen atoms in total. The Bertz CT molecular complexity index is 1020. The number of benzene rings is 2. The second-order valence-electron chi connectivity index (χ2n) is 12.5. The lowest BCUT2D eigenvalue weighted by Crippen LogP contribution is -2.25. The van der Waals surface area contributed by atoms with Crippen LogP contribution in [0.5, 0.6) is 0 Å². The third-order valence-corrected chi connectivity index (χ3v) is 9.92. The first-order valence-electron chi connectivity index (χ1n) is 16.2. The molecule has 0 unspecified atom stereocenters. The second-order valence-corrected chi connectivity index (χ2v) is 12.5. The molecule has 1 amide bonds. The molecular weight excluding hydrogens is 474 g/mol. The molecule has 0 heterocycles. The van der Waals surface area contributed by atoms with E-state index in [4.69, 9.17) is 0 Å². The van der Waals surface area contributed by atoms with Gasteiger partial charge in [-0.15, -0.1) is 0 Å². The summed E-state index contributed by atoms with van der Waals surface area (Å²) in [7, 11) is 0. The van der Waals surface area contributed by atoms with Crippen molar-refractivity contribution in [3.63, 3.8) is 0 Å². The molecule has 2 fully saturated rings. The lowest BCUT2D eigenvalue weighted by Gasteiger charge is -2.38. The number of unbranched alkanes of at least 4 members (excludes halogenated alkanes) is 2. The first-order valence-corrected chi connectivity index (χ1v) is 16.2. The maximum atomic E-state index is 11.3. The number of hydrogen-bond acceptors (Lipinski definition) is 1. The van der Waals surface area contributed by atoms with Crippen molar-refractivity contribution < 1.29 is 4.79 Å². The smallest absolute Gasteiger partial charge is 0.243 e. The zero-order valence-corrected chi connectivity index (χ0v) is 24.9. The van der Waals surface area contributed by atoms with Gasteiger partial charge >= 0.3 is 0 Å². The molecule has 2 saturated carbocycles. The fraction of sp³-hybridized carbons (Fsp3) is 0.595. The first kappa shape index (κ1) is 29.6. The summed E-state index contributed by atoms with van der Waals surface area (Å²) in [6, 6.07) is 16.5. The quantitative estimate of drug-likeness (QED) is 0.204. The highest BCUT2D eigenvalue weighted by Crippen LogP contribution is 2.44. The molecule has 2 aliphatic carbocycles. The van der Waals surface area contributed by atoms with Crippen LogP contribution in [-0.4, -0.2) is 12.5 Å². The van der Waals surface area contributed by atoms with Crippen molar-refractivity contribution in [2.45, 2.75) is 116 Å². The lowest BCUT2D eigenvalue weighted by atomic mass is 9.68. The van der Waals surface area contributed by atoms with Gasteiger partial charge in [-0.25, -0.2) is 0 Å². The summed E-state index contributed by atoms with van der Waals surface area (Å²) >= 11 is 0. The van der Waals surface area contributed by atoms with Crippen LogP contribution in [0.15, 0.2) is 55.1 Å². The first-order chi connectivity index (χ1) is 19.1. The molecule has 2 aliphatic rings. The standard InChI is InChI=1S/C37H53NO/c1-4-7-8-10-28-12-15-31(16-13-28)32-17-19-33(20-18-32)34-21-23-35(24-22-34)36-25-14-29(27-30(36)5-2)11-9-26-38-37(39)6-3/h6,14,21-25,27-28,31-33H,3-5,7-13,15-20,26H2,1-2H3,(H,38,39). The maximum Gasteiger partial charge on any atom is 0.243 e. The predicted octanol–water partition coefficient (Wildman–Crippen LogP) is 9.81. The van der Waals surface area contributed by atoms with Crippen LogP contribution in [0.25, 0.3) is 11.1 Å². The van der Waals surface area contributed by atoms with E-state index in [0.29, 0.717) is 6.54 Å². The number of nitrogens with one attached hydrogen (secondary N) is 1. The van der Waals surface area contributed by atoms with Gasteiger partial charge in [-0.3, -0.25) is 4.79 Å². The molecule has 39 heavy (non-hydrogen) atoms. The zero-order chi connectivity index (χ0) is 27.5. The molecule has 4 rings (SSSR count). The van der Waals surface area contributed by atoms with E-state index in [1.54, 1.807) is 5.56 Å². The molecule has 2 heteroatoms. The van der Waals surface area contributed by atoms with Crippen LogP contribution in [-0.2, 0) is 17.6 Å². The highest BCUT2D eigenvalue weighted by molar-refractivity contribution is 5.86. The number of aryl methyl sites for hydroxylation is 2. The van der Waals surface area contributed by atoms with Crippen molar-refractivity contribution in [3.05, 3.63) is 71.8 Å². The normalized spacial score (nSPS) is 23.3. The average molecular weight is 528 g/mol. The summed E-state index contributed by atoms with van der Waals surface area (Å²) in [5, 5.41) is 2.87. The Balaban J connectivity index is 1.26. The zero-order valence-electron chi connectivity index (χ0n) is 24.9. The molecule has 0 radical (unpaired) electrons. The van der Waals surface area contributed by atoms with E-state index in [1.807, 2.05) is 0 Å². The predicted molar refractivity (Wildman–Crippen MR) is 167 cm³/mol. The second kappa shape index (κ2) is 15.4. The summed E-state index contributed by atoms with van der Waals surface area (Å²) in [6.07, 6.45) is 21.7. The van der Waals surface area contributed by atoms with E-state index in [-0.39, 0.29) is 5.91 Å². The fourth-order valence-corrected chi connectivity index (χ4v) is 7.44. The Hall–Kier alpha value is -2.35. The van der Waals surface area contributed by atoms with Crippen molar-refractivity contribution in [2.75, 3.05) is 6.54 Å². The minimum Gasteiger partial charge on any atom is -0.353 e. The van der Waals surface area contributed by atoms with Gasteiger partial charge in [0.2, 0.25) is 5.91 Å². The van der Waals surface area contributed by atoms with Gasteiger partial charge in [0.1, 0.15) is 0 Å². The summed E-state index contributed by atoms with van der Waals surface area (Å²) in [6.45, 7) is 8.77. The molecule has 0 saturated heterocycles. The van der Waals surface area contributed by atoms with Crippen LogP contribution < -0.4 is 5.32 Å². The highest BCUT2D eigenvalue weighted by atomic mass is 16.1. The van der Waals surface area contributed by atoms with Gasteiger partial charge in [0, 0.05) is 6.54 Å². The molecule has 0 atom stereocenters. The van der Waals surface area contributed by atoms with Gasteiger partial charge in [-0.2, -0.15) is 0 Å². The molecule has 0 spiro atoms. The summed E-state index contributed by atoms with van der Waals surface area (Å²) in [4.78, 5) is 11.3. The van der Waals surface area contributed by atoms with Gasteiger partial charge in [0.05, 0.1) is 0 Å². The molecule has 0 bridgehead atoms. The van der Waals surface area contributed by atoms with E-state index in [1.165, 1.54) is 105 Å². The maximum absolute atomic E-state index is 11.3. The molecule has 212 valence electrons. The molecule has 0 aromatic heterocycles. The number of amides is 1. The molecule has 2 aromatic rings. The largest absolute Gasteiger partial charge is 0.353 e. The Morgan fingerprint density at radius 2 is 1.56 bits per heavy atom. The van der Waals surface area contributed by atoms with Gasteiger partial charge in [-0.05, 0) is 115 Å². The van der Waals surface area contributed by atoms with Crippen LogP contribution in [0.3, 0.4) is 0 Å².